The topological polar surface area (TPSA) is 84.9 Å². The monoisotopic (exact) mass is 534 g/mol. The van der Waals surface area contributed by atoms with Gasteiger partial charge in [-0.2, -0.15) is 0 Å². The molecule has 2 aromatic carbocycles. The smallest absolute Gasteiger partial charge is 0.294 e. The van der Waals surface area contributed by atoms with Gasteiger partial charge in [-0.1, -0.05) is 28.6 Å². The molecule has 1 fully saturated rings. The van der Waals surface area contributed by atoms with E-state index in [9.17, 15) is 18.8 Å². The first-order valence-electron chi connectivity index (χ1n) is 9.83. The first-order valence-corrected chi connectivity index (χ1v) is 11.4. The number of halogens is 2. The summed E-state index contributed by atoms with van der Waals surface area (Å²) in [5.41, 5.74) is 0.959. The van der Waals surface area contributed by atoms with Crippen molar-refractivity contribution in [3.8, 4) is 11.5 Å². The van der Waals surface area contributed by atoms with Crippen molar-refractivity contribution in [2.45, 2.75) is 6.92 Å². The molecule has 172 valence electrons. The van der Waals surface area contributed by atoms with E-state index in [-0.39, 0.29) is 4.91 Å². The highest BCUT2D eigenvalue weighted by Crippen LogP contribution is 2.38. The molecule has 0 saturated carbocycles. The van der Waals surface area contributed by atoms with E-state index < -0.39 is 29.4 Å². The van der Waals surface area contributed by atoms with Gasteiger partial charge in [0.2, 0.25) is 5.91 Å². The summed E-state index contributed by atoms with van der Waals surface area (Å²) in [6.45, 7) is 5.70. The van der Waals surface area contributed by atoms with Crippen molar-refractivity contribution in [1.82, 2.24) is 4.90 Å². The molecule has 33 heavy (non-hydrogen) atoms. The average Bonchev–Trinajstić information content (AvgIpc) is 3.04. The number of thioether (sulfide) groups is 1. The number of rotatable bonds is 9. The van der Waals surface area contributed by atoms with Crippen LogP contribution in [-0.2, 0) is 9.59 Å². The number of amides is 3. The highest BCUT2D eigenvalue weighted by atomic mass is 79.9. The van der Waals surface area contributed by atoms with E-state index in [2.05, 4.69) is 27.8 Å². The van der Waals surface area contributed by atoms with E-state index >= 15 is 0 Å². The third kappa shape index (κ3) is 6.23. The van der Waals surface area contributed by atoms with Gasteiger partial charge in [-0.15, -0.1) is 0 Å². The lowest BCUT2D eigenvalue weighted by molar-refractivity contribution is -0.127. The fraction of sp³-hybridized carbons (Fsp3) is 0.174. The second-order valence-electron chi connectivity index (χ2n) is 6.68. The molecule has 3 amide bonds. The average molecular weight is 535 g/mol. The van der Waals surface area contributed by atoms with Crippen LogP contribution in [0.3, 0.4) is 0 Å². The van der Waals surface area contributed by atoms with E-state index in [1.165, 1.54) is 24.3 Å². The van der Waals surface area contributed by atoms with Gasteiger partial charge in [0.25, 0.3) is 11.1 Å². The molecule has 0 aliphatic carbocycles. The second kappa shape index (κ2) is 11.2. The van der Waals surface area contributed by atoms with E-state index in [4.69, 9.17) is 9.47 Å². The molecule has 7 nitrogen and oxygen atoms in total. The van der Waals surface area contributed by atoms with Gasteiger partial charge >= 0.3 is 0 Å². The van der Waals surface area contributed by atoms with Gasteiger partial charge in [0.15, 0.2) is 11.5 Å². The minimum atomic E-state index is -0.587. The number of nitrogens with zero attached hydrogens (tertiary/aromatic N) is 1. The Morgan fingerprint density at radius 3 is 2.58 bits per heavy atom. The SMILES string of the molecule is C=CCOc1cc(Br)c(/C=C2\SC(=O)N(CC(=O)Nc3ccc(F)cc3)C2=O)cc1OCC. The molecule has 3 rings (SSSR count). The van der Waals surface area contributed by atoms with Crippen molar-refractivity contribution >= 4 is 56.5 Å². The lowest BCUT2D eigenvalue weighted by Crippen LogP contribution is -2.36. The lowest BCUT2D eigenvalue weighted by Gasteiger charge is -2.13. The summed E-state index contributed by atoms with van der Waals surface area (Å²) in [6.07, 6.45) is 3.16. The summed E-state index contributed by atoms with van der Waals surface area (Å²) in [7, 11) is 0. The van der Waals surface area contributed by atoms with Crippen molar-refractivity contribution in [2.24, 2.45) is 0 Å². The molecule has 0 radical (unpaired) electrons. The van der Waals surface area contributed by atoms with Crippen molar-refractivity contribution in [3.63, 3.8) is 0 Å². The summed E-state index contributed by atoms with van der Waals surface area (Å²) in [6, 6.07) is 8.57. The van der Waals surface area contributed by atoms with Crippen LogP contribution in [0.25, 0.3) is 6.08 Å². The predicted octanol–water partition coefficient (Wildman–Crippen LogP) is 5.23. The number of benzene rings is 2. The molecule has 1 aliphatic rings. The van der Waals surface area contributed by atoms with Gasteiger partial charge in [-0.25, -0.2) is 4.39 Å². The van der Waals surface area contributed by atoms with Crippen LogP contribution in [0, 0.1) is 5.82 Å². The van der Waals surface area contributed by atoms with Gasteiger partial charge in [-0.05, 0) is 66.7 Å². The molecule has 0 aromatic heterocycles. The van der Waals surface area contributed by atoms with Crippen LogP contribution in [0.4, 0.5) is 14.9 Å². The molecule has 10 heteroatoms. The van der Waals surface area contributed by atoms with Crippen molar-refractivity contribution < 1.29 is 28.2 Å². The Hall–Kier alpha value is -3.11. The number of hydrogen-bond acceptors (Lipinski definition) is 6. The molecule has 0 atom stereocenters. The summed E-state index contributed by atoms with van der Waals surface area (Å²) >= 11 is 4.18. The van der Waals surface area contributed by atoms with E-state index in [1.807, 2.05) is 6.92 Å². The third-order valence-corrected chi connectivity index (χ3v) is 5.90. The zero-order chi connectivity index (χ0) is 24.0. The standard InChI is InChI=1S/C23H20BrFN2O5S/c1-3-9-32-19-12-17(24)14(10-18(19)31-4-2)11-20-22(29)27(23(30)33-20)13-21(28)26-16-7-5-15(25)6-8-16/h3,5-8,10-12H,1,4,9,13H2,2H3,(H,26,28)/b20-11-. The van der Waals surface area contributed by atoms with Gasteiger partial charge in [0, 0.05) is 10.2 Å². The molecule has 0 bridgehead atoms. The fourth-order valence-electron chi connectivity index (χ4n) is 2.85. The Labute approximate surface area is 202 Å². The van der Waals surface area contributed by atoms with E-state index in [0.29, 0.717) is 40.4 Å². The molecule has 2 aromatic rings. The maximum absolute atomic E-state index is 13.0. The molecule has 0 unspecified atom stereocenters. The zero-order valence-electron chi connectivity index (χ0n) is 17.6. The van der Waals surface area contributed by atoms with Crippen molar-refractivity contribution in [2.75, 3.05) is 25.1 Å². The molecule has 0 spiro atoms. The fourth-order valence-corrected chi connectivity index (χ4v) is 4.11. The largest absolute Gasteiger partial charge is 0.490 e. The van der Waals surface area contributed by atoms with Crippen molar-refractivity contribution in [1.29, 1.82) is 0 Å². The first kappa shape index (κ1) is 24.5. The number of imide groups is 1. The molecular weight excluding hydrogens is 515 g/mol. The summed E-state index contributed by atoms with van der Waals surface area (Å²) in [4.78, 5) is 38.5. The minimum absolute atomic E-state index is 0.164. The molecule has 1 aliphatic heterocycles. The lowest BCUT2D eigenvalue weighted by atomic mass is 10.1. The summed E-state index contributed by atoms with van der Waals surface area (Å²) in [5.74, 6) is -0.620. The van der Waals surface area contributed by atoms with Crippen LogP contribution in [0.15, 0.2) is 58.4 Å². The van der Waals surface area contributed by atoms with E-state index in [0.717, 1.165) is 16.7 Å². The number of carbonyl (C=O) groups excluding carboxylic acids is 3. The Morgan fingerprint density at radius 1 is 1.21 bits per heavy atom. The van der Waals surface area contributed by atoms with Crippen LogP contribution in [0.1, 0.15) is 12.5 Å². The Balaban J connectivity index is 1.77. The zero-order valence-corrected chi connectivity index (χ0v) is 20.0. The van der Waals surface area contributed by atoms with Crippen LogP contribution < -0.4 is 14.8 Å². The summed E-state index contributed by atoms with van der Waals surface area (Å²) in [5, 5.41) is 1.97. The predicted molar refractivity (Wildman–Crippen MR) is 129 cm³/mol. The first-order chi connectivity index (χ1) is 15.8. The van der Waals surface area contributed by atoms with Crippen molar-refractivity contribution in [3.05, 3.63) is 69.8 Å². The number of hydrogen-bond donors (Lipinski definition) is 1. The maximum Gasteiger partial charge on any atom is 0.294 e. The van der Waals surface area contributed by atoms with E-state index in [1.54, 1.807) is 24.3 Å². The molecule has 1 heterocycles. The Morgan fingerprint density at radius 2 is 1.91 bits per heavy atom. The quantitative estimate of drug-likeness (QED) is 0.350. The number of nitrogens with one attached hydrogen (secondary N) is 1. The van der Waals surface area contributed by atoms with Gasteiger partial charge < -0.3 is 14.8 Å². The van der Waals surface area contributed by atoms with Crippen LogP contribution in [0.5, 0.6) is 11.5 Å². The Kier molecular flexibility index (Phi) is 8.29. The highest BCUT2D eigenvalue weighted by molar-refractivity contribution is 9.10. The van der Waals surface area contributed by atoms with Crippen LogP contribution in [-0.4, -0.2) is 41.7 Å². The van der Waals surface area contributed by atoms with Gasteiger partial charge in [0.1, 0.15) is 19.0 Å². The molecular formula is C23H20BrFN2O5S. The molecule has 1 N–H and O–H groups in total. The van der Waals surface area contributed by atoms with Crippen LogP contribution >= 0.6 is 27.7 Å². The highest BCUT2D eigenvalue weighted by Gasteiger charge is 2.36. The van der Waals surface area contributed by atoms with Crippen LogP contribution in [0.2, 0.25) is 0 Å². The third-order valence-electron chi connectivity index (χ3n) is 4.31. The normalized spacial score (nSPS) is 14.5. The summed E-state index contributed by atoms with van der Waals surface area (Å²) < 4.78 is 24.9. The minimum Gasteiger partial charge on any atom is -0.490 e. The number of anilines is 1. The number of carbonyl (C=O) groups is 3. The molecule has 1 saturated heterocycles. The number of ether oxygens (including phenoxy) is 2. The van der Waals surface area contributed by atoms with Gasteiger partial charge in [-0.3, -0.25) is 19.3 Å². The Bertz CT molecular complexity index is 1120. The second-order valence-corrected chi connectivity index (χ2v) is 8.52. The van der Waals surface area contributed by atoms with Gasteiger partial charge in [0.05, 0.1) is 11.5 Å². The maximum atomic E-state index is 13.0.